The summed E-state index contributed by atoms with van der Waals surface area (Å²) < 4.78 is 0.659. The lowest BCUT2D eigenvalue weighted by atomic mass is 11.1. The number of hydrogen-bond donors (Lipinski definition) is 1. The maximum absolute atomic E-state index is 9.80. The van der Waals surface area contributed by atoms with E-state index in [4.69, 9.17) is 0 Å². The van der Waals surface area contributed by atoms with Crippen molar-refractivity contribution < 1.29 is 4.79 Å². The zero-order valence-electron chi connectivity index (χ0n) is 4.17. The van der Waals surface area contributed by atoms with Gasteiger partial charge < -0.3 is 5.32 Å². The van der Waals surface area contributed by atoms with Crippen molar-refractivity contribution in [3.63, 3.8) is 0 Å². The zero-order chi connectivity index (χ0) is 6.69. The van der Waals surface area contributed by atoms with Crippen LogP contribution < -0.4 is 5.32 Å². The molecule has 1 aromatic rings. The standard InChI is InChI=1S/C3H2BrN3OS/c4-2-6-7-3(9-2)5-1-8/h1H,(H,5,7,8). The van der Waals surface area contributed by atoms with E-state index in [1.807, 2.05) is 0 Å². The van der Waals surface area contributed by atoms with Crippen LogP contribution in [-0.4, -0.2) is 16.6 Å². The van der Waals surface area contributed by atoms with Gasteiger partial charge in [0.2, 0.25) is 11.5 Å². The summed E-state index contributed by atoms with van der Waals surface area (Å²) in [6.45, 7) is 0. The van der Waals surface area contributed by atoms with Gasteiger partial charge in [-0.3, -0.25) is 4.79 Å². The number of aromatic nitrogens is 2. The van der Waals surface area contributed by atoms with Gasteiger partial charge in [-0.1, -0.05) is 11.3 Å². The number of hydrogen-bond acceptors (Lipinski definition) is 4. The van der Waals surface area contributed by atoms with Gasteiger partial charge in [0.15, 0.2) is 3.92 Å². The number of amides is 1. The number of nitrogens with one attached hydrogen (secondary N) is 1. The maximum Gasteiger partial charge on any atom is 0.213 e. The van der Waals surface area contributed by atoms with Crippen LogP contribution in [0.1, 0.15) is 0 Å². The highest BCUT2D eigenvalue weighted by molar-refractivity contribution is 9.11. The normalized spacial score (nSPS) is 9.00. The lowest BCUT2D eigenvalue weighted by molar-refractivity contribution is -0.105. The third-order valence-electron chi connectivity index (χ3n) is 0.583. The van der Waals surface area contributed by atoms with Crippen LogP contribution in [0.2, 0.25) is 0 Å². The Bertz CT molecular complexity index is 213. The first-order valence-corrected chi connectivity index (χ1v) is 3.63. The van der Waals surface area contributed by atoms with Crippen LogP contribution in [0.5, 0.6) is 0 Å². The van der Waals surface area contributed by atoms with Crippen molar-refractivity contribution in [3.8, 4) is 0 Å². The van der Waals surface area contributed by atoms with E-state index in [0.717, 1.165) is 0 Å². The fourth-order valence-corrected chi connectivity index (χ4v) is 1.28. The molecule has 1 heterocycles. The van der Waals surface area contributed by atoms with E-state index in [1.54, 1.807) is 0 Å². The average Bonchev–Trinajstić information content (AvgIpc) is 2.17. The van der Waals surface area contributed by atoms with Crippen molar-refractivity contribution in [3.05, 3.63) is 3.92 Å². The van der Waals surface area contributed by atoms with Gasteiger partial charge >= 0.3 is 0 Å². The van der Waals surface area contributed by atoms with Crippen molar-refractivity contribution >= 4 is 38.8 Å². The molecular formula is C3H2BrN3OS. The molecule has 0 unspecified atom stereocenters. The molecule has 0 saturated carbocycles. The van der Waals surface area contributed by atoms with Crippen LogP contribution in [0.15, 0.2) is 3.92 Å². The summed E-state index contributed by atoms with van der Waals surface area (Å²) in [4.78, 5) is 9.80. The molecule has 0 atom stereocenters. The molecule has 4 nitrogen and oxygen atoms in total. The molecule has 0 aliphatic carbocycles. The molecule has 0 aliphatic rings. The van der Waals surface area contributed by atoms with Gasteiger partial charge in [0, 0.05) is 0 Å². The number of nitrogens with zero attached hydrogens (tertiary/aromatic N) is 2. The second-order valence-electron chi connectivity index (χ2n) is 1.12. The number of halogens is 1. The Morgan fingerprint density at radius 1 is 1.67 bits per heavy atom. The fraction of sp³-hybridized carbons (Fsp3) is 0. The van der Waals surface area contributed by atoms with Crippen molar-refractivity contribution in [2.75, 3.05) is 5.32 Å². The second-order valence-corrected chi connectivity index (χ2v) is 3.38. The molecule has 0 fully saturated rings. The minimum absolute atomic E-state index is 0.497. The van der Waals surface area contributed by atoms with E-state index in [1.165, 1.54) is 11.3 Å². The lowest BCUT2D eigenvalue weighted by Crippen LogP contribution is -1.91. The molecule has 0 spiro atoms. The highest BCUT2D eigenvalue weighted by Gasteiger charge is 1.96. The number of rotatable bonds is 2. The third kappa shape index (κ3) is 1.72. The molecule has 1 amide bonds. The first-order chi connectivity index (χ1) is 4.33. The van der Waals surface area contributed by atoms with Crippen molar-refractivity contribution in [1.29, 1.82) is 0 Å². The van der Waals surface area contributed by atoms with Crippen LogP contribution in [0.4, 0.5) is 5.13 Å². The molecule has 1 rings (SSSR count). The van der Waals surface area contributed by atoms with Gasteiger partial charge in [-0.25, -0.2) is 0 Å². The van der Waals surface area contributed by atoms with Crippen molar-refractivity contribution in [1.82, 2.24) is 10.2 Å². The summed E-state index contributed by atoms with van der Waals surface area (Å²) in [7, 11) is 0. The van der Waals surface area contributed by atoms with Crippen LogP contribution >= 0.6 is 27.3 Å². The van der Waals surface area contributed by atoms with Crippen LogP contribution in [0.3, 0.4) is 0 Å². The Balaban J connectivity index is 2.72. The van der Waals surface area contributed by atoms with Crippen molar-refractivity contribution in [2.24, 2.45) is 0 Å². The van der Waals surface area contributed by atoms with Crippen LogP contribution in [0.25, 0.3) is 0 Å². The topological polar surface area (TPSA) is 54.9 Å². The Labute approximate surface area is 63.4 Å². The summed E-state index contributed by atoms with van der Waals surface area (Å²) >= 11 is 4.36. The first kappa shape index (κ1) is 6.63. The average molecular weight is 208 g/mol. The minimum atomic E-state index is 0.497. The molecule has 48 valence electrons. The Hall–Kier alpha value is -0.490. The Morgan fingerprint density at radius 2 is 2.44 bits per heavy atom. The molecule has 0 bridgehead atoms. The molecule has 0 aliphatic heterocycles. The Morgan fingerprint density at radius 3 is 2.89 bits per heavy atom. The number of anilines is 1. The third-order valence-corrected chi connectivity index (χ3v) is 1.87. The predicted octanol–water partition coefficient (Wildman–Crippen LogP) is 0.869. The lowest BCUT2D eigenvalue weighted by Gasteiger charge is -1.81. The van der Waals surface area contributed by atoms with E-state index >= 15 is 0 Å². The highest BCUT2D eigenvalue weighted by Crippen LogP contribution is 2.18. The quantitative estimate of drug-likeness (QED) is 0.733. The number of carbonyl (C=O) groups excluding carboxylic acids is 1. The minimum Gasteiger partial charge on any atom is -0.303 e. The fourth-order valence-electron chi connectivity index (χ4n) is 0.314. The Kier molecular flexibility index (Phi) is 2.12. The molecule has 0 radical (unpaired) electrons. The van der Waals surface area contributed by atoms with E-state index in [2.05, 4.69) is 31.4 Å². The van der Waals surface area contributed by atoms with Gasteiger partial charge in [-0.05, 0) is 15.9 Å². The number of carbonyl (C=O) groups is 1. The monoisotopic (exact) mass is 207 g/mol. The maximum atomic E-state index is 9.80. The summed E-state index contributed by atoms with van der Waals surface area (Å²) in [5.74, 6) is 0. The highest BCUT2D eigenvalue weighted by atomic mass is 79.9. The predicted molar refractivity (Wildman–Crippen MR) is 37.3 cm³/mol. The molecule has 0 aromatic carbocycles. The van der Waals surface area contributed by atoms with E-state index < -0.39 is 0 Å². The summed E-state index contributed by atoms with van der Waals surface area (Å²) in [6, 6.07) is 0. The molecule has 0 saturated heterocycles. The van der Waals surface area contributed by atoms with E-state index in [9.17, 15) is 4.79 Å². The first-order valence-electron chi connectivity index (χ1n) is 2.02. The molecule has 1 aromatic heterocycles. The van der Waals surface area contributed by atoms with E-state index in [0.29, 0.717) is 15.5 Å². The second kappa shape index (κ2) is 2.88. The smallest absolute Gasteiger partial charge is 0.213 e. The van der Waals surface area contributed by atoms with Gasteiger partial charge in [-0.2, -0.15) is 0 Å². The summed E-state index contributed by atoms with van der Waals surface area (Å²) in [5, 5.41) is 10.0. The summed E-state index contributed by atoms with van der Waals surface area (Å²) in [6.07, 6.45) is 0.562. The summed E-state index contributed by atoms with van der Waals surface area (Å²) in [5.41, 5.74) is 0. The van der Waals surface area contributed by atoms with E-state index in [-0.39, 0.29) is 0 Å². The van der Waals surface area contributed by atoms with Gasteiger partial charge in [0.1, 0.15) is 0 Å². The SMILES string of the molecule is O=CNc1nnc(Br)s1. The van der Waals surface area contributed by atoms with Crippen LogP contribution in [0, 0.1) is 0 Å². The molecular weight excluding hydrogens is 206 g/mol. The van der Waals surface area contributed by atoms with Crippen molar-refractivity contribution in [2.45, 2.75) is 0 Å². The van der Waals surface area contributed by atoms with Gasteiger partial charge in [-0.15, -0.1) is 10.2 Å². The molecule has 9 heavy (non-hydrogen) atoms. The molecule has 1 N–H and O–H groups in total. The van der Waals surface area contributed by atoms with Gasteiger partial charge in [0.25, 0.3) is 0 Å². The van der Waals surface area contributed by atoms with Gasteiger partial charge in [0.05, 0.1) is 0 Å². The zero-order valence-corrected chi connectivity index (χ0v) is 6.57. The largest absolute Gasteiger partial charge is 0.303 e. The van der Waals surface area contributed by atoms with Crippen LogP contribution in [-0.2, 0) is 4.79 Å². The molecule has 6 heteroatoms.